The van der Waals surface area contributed by atoms with E-state index < -0.39 is 0 Å². The summed E-state index contributed by atoms with van der Waals surface area (Å²) >= 11 is 0. The van der Waals surface area contributed by atoms with Gasteiger partial charge in [-0.25, -0.2) is 0 Å². The second-order valence-corrected chi connectivity index (χ2v) is 5.33. The van der Waals surface area contributed by atoms with E-state index in [1.54, 1.807) is 6.07 Å². The van der Waals surface area contributed by atoms with Crippen LogP contribution in [0.3, 0.4) is 0 Å². The van der Waals surface area contributed by atoms with Gasteiger partial charge in [-0.2, -0.15) is 0 Å². The van der Waals surface area contributed by atoms with Crippen molar-refractivity contribution in [3.63, 3.8) is 0 Å². The summed E-state index contributed by atoms with van der Waals surface area (Å²) in [6, 6.07) is 11.5. The van der Waals surface area contributed by atoms with Gasteiger partial charge in [0.25, 0.3) is 0 Å². The van der Waals surface area contributed by atoms with Gasteiger partial charge in [0.2, 0.25) is 11.8 Å². The van der Waals surface area contributed by atoms with Crippen molar-refractivity contribution < 1.29 is 9.32 Å². The Balaban J connectivity index is 0.00000176. The van der Waals surface area contributed by atoms with E-state index in [-0.39, 0.29) is 18.3 Å². The van der Waals surface area contributed by atoms with Crippen LogP contribution in [0.1, 0.15) is 19.3 Å². The van der Waals surface area contributed by atoms with Crippen LogP contribution in [0.5, 0.6) is 0 Å². The summed E-state index contributed by atoms with van der Waals surface area (Å²) in [4.78, 5) is 14.2. The number of amides is 1. The van der Waals surface area contributed by atoms with Gasteiger partial charge in [-0.1, -0.05) is 41.9 Å². The topological polar surface area (TPSA) is 58.4 Å². The number of anilines is 1. The monoisotopic (exact) mass is 321 g/mol. The maximum absolute atomic E-state index is 12.0. The second-order valence-electron chi connectivity index (χ2n) is 5.33. The average Bonchev–Trinajstić information content (AvgIpc) is 2.97. The molecule has 0 bridgehead atoms. The molecule has 0 spiro atoms. The van der Waals surface area contributed by atoms with Crippen molar-refractivity contribution in [1.82, 2.24) is 10.1 Å². The molecule has 1 aromatic heterocycles. The quantitative estimate of drug-likeness (QED) is 0.939. The minimum atomic E-state index is -0.0485. The number of carbonyl (C=O) groups is 1. The number of hydrogen-bond acceptors (Lipinski definition) is 4. The Morgan fingerprint density at radius 3 is 2.64 bits per heavy atom. The van der Waals surface area contributed by atoms with Crippen molar-refractivity contribution in [2.45, 2.75) is 19.3 Å². The maximum Gasteiger partial charge on any atom is 0.240 e. The van der Waals surface area contributed by atoms with Gasteiger partial charge in [0.15, 0.2) is 0 Å². The number of halogens is 1. The van der Waals surface area contributed by atoms with Gasteiger partial charge >= 0.3 is 0 Å². The zero-order chi connectivity index (χ0) is 14.5. The predicted molar refractivity (Wildman–Crippen MR) is 88.1 cm³/mol. The van der Waals surface area contributed by atoms with E-state index in [1.165, 1.54) is 19.3 Å². The van der Waals surface area contributed by atoms with Gasteiger partial charge in [0, 0.05) is 11.6 Å². The first-order valence-corrected chi connectivity index (χ1v) is 7.35. The van der Waals surface area contributed by atoms with E-state index >= 15 is 0 Å². The zero-order valence-electron chi connectivity index (χ0n) is 12.3. The highest BCUT2D eigenvalue weighted by Crippen LogP contribution is 2.21. The molecule has 1 aliphatic rings. The Morgan fingerprint density at radius 2 is 1.91 bits per heavy atom. The molecule has 0 aliphatic carbocycles. The molecule has 6 heteroatoms. The van der Waals surface area contributed by atoms with Gasteiger partial charge in [-0.05, 0) is 25.9 Å². The van der Waals surface area contributed by atoms with E-state index in [1.807, 2.05) is 30.3 Å². The van der Waals surface area contributed by atoms with Gasteiger partial charge in [-0.3, -0.25) is 15.0 Å². The maximum atomic E-state index is 12.0. The minimum absolute atomic E-state index is 0. The highest BCUT2D eigenvalue weighted by Gasteiger charge is 2.15. The third kappa shape index (κ3) is 4.32. The lowest BCUT2D eigenvalue weighted by molar-refractivity contribution is -0.117. The zero-order valence-corrected chi connectivity index (χ0v) is 13.1. The minimum Gasteiger partial charge on any atom is -0.338 e. The molecular weight excluding hydrogens is 302 g/mol. The highest BCUT2D eigenvalue weighted by molar-refractivity contribution is 5.91. The molecule has 2 heterocycles. The van der Waals surface area contributed by atoms with Crippen LogP contribution in [0.2, 0.25) is 0 Å². The number of piperidine rings is 1. The Hall–Kier alpha value is -1.85. The molecule has 3 rings (SSSR count). The molecule has 0 unspecified atom stereocenters. The lowest BCUT2D eigenvalue weighted by atomic mass is 10.1. The molecule has 0 saturated carbocycles. The van der Waals surface area contributed by atoms with E-state index in [9.17, 15) is 4.79 Å². The van der Waals surface area contributed by atoms with Gasteiger partial charge in [-0.15, -0.1) is 12.4 Å². The van der Waals surface area contributed by atoms with Crippen molar-refractivity contribution in [2.24, 2.45) is 0 Å². The van der Waals surface area contributed by atoms with E-state index in [4.69, 9.17) is 4.52 Å². The molecular formula is C16H20ClN3O2. The number of carbonyl (C=O) groups excluding carboxylic acids is 1. The van der Waals surface area contributed by atoms with Crippen molar-refractivity contribution in [3.05, 3.63) is 36.4 Å². The molecule has 118 valence electrons. The summed E-state index contributed by atoms with van der Waals surface area (Å²) in [7, 11) is 0. The molecule has 22 heavy (non-hydrogen) atoms. The third-order valence-corrected chi connectivity index (χ3v) is 3.66. The fraction of sp³-hybridized carbons (Fsp3) is 0.375. The van der Waals surface area contributed by atoms with Crippen LogP contribution < -0.4 is 5.32 Å². The van der Waals surface area contributed by atoms with Crippen LogP contribution in [0, 0.1) is 0 Å². The molecule has 1 aromatic carbocycles. The van der Waals surface area contributed by atoms with Crippen molar-refractivity contribution >= 4 is 24.2 Å². The highest BCUT2D eigenvalue weighted by atomic mass is 35.5. The molecule has 0 atom stereocenters. The number of rotatable bonds is 4. The molecule has 2 aromatic rings. The van der Waals surface area contributed by atoms with Crippen LogP contribution in [0.25, 0.3) is 11.3 Å². The SMILES string of the molecule is Cl.O=C(CN1CCCCC1)Nc1cc(-c2ccccc2)no1. The number of nitrogens with one attached hydrogen (secondary N) is 1. The number of hydrogen-bond donors (Lipinski definition) is 1. The van der Waals surface area contributed by atoms with Gasteiger partial charge in [0.1, 0.15) is 5.69 Å². The molecule has 5 nitrogen and oxygen atoms in total. The van der Waals surface area contributed by atoms with Gasteiger partial charge in [0.05, 0.1) is 6.54 Å². The average molecular weight is 322 g/mol. The Morgan fingerprint density at radius 1 is 1.18 bits per heavy atom. The number of benzene rings is 1. The molecule has 1 aliphatic heterocycles. The van der Waals surface area contributed by atoms with Gasteiger partial charge < -0.3 is 4.52 Å². The number of likely N-dealkylation sites (tertiary alicyclic amines) is 1. The fourth-order valence-electron chi connectivity index (χ4n) is 2.58. The Labute approximate surface area is 136 Å². The smallest absolute Gasteiger partial charge is 0.240 e. The standard InChI is InChI=1S/C16H19N3O2.ClH/c20-15(12-19-9-5-2-6-10-19)17-16-11-14(18-21-16)13-7-3-1-4-8-13;/h1,3-4,7-8,11H,2,5-6,9-10,12H2,(H,17,20);1H. The molecule has 1 amide bonds. The first-order chi connectivity index (χ1) is 10.3. The van der Waals surface area contributed by atoms with Crippen molar-refractivity contribution in [1.29, 1.82) is 0 Å². The van der Waals surface area contributed by atoms with Crippen LogP contribution in [-0.2, 0) is 4.79 Å². The molecule has 0 radical (unpaired) electrons. The first-order valence-electron chi connectivity index (χ1n) is 7.35. The second kappa shape index (κ2) is 7.96. The van der Waals surface area contributed by atoms with Crippen LogP contribution >= 0.6 is 12.4 Å². The summed E-state index contributed by atoms with van der Waals surface area (Å²) in [5.41, 5.74) is 1.70. The van der Waals surface area contributed by atoms with E-state index in [0.29, 0.717) is 12.4 Å². The fourth-order valence-corrected chi connectivity index (χ4v) is 2.58. The number of nitrogens with zero attached hydrogens (tertiary/aromatic N) is 2. The molecule has 1 saturated heterocycles. The third-order valence-electron chi connectivity index (χ3n) is 3.66. The van der Waals surface area contributed by atoms with E-state index in [0.717, 1.165) is 24.3 Å². The lowest BCUT2D eigenvalue weighted by Crippen LogP contribution is -2.36. The normalized spacial score (nSPS) is 15.1. The Bertz CT molecular complexity index is 594. The predicted octanol–water partition coefficient (Wildman–Crippen LogP) is 3.19. The summed E-state index contributed by atoms with van der Waals surface area (Å²) in [5, 5.41) is 6.75. The first kappa shape index (κ1) is 16.5. The van der Waals surface area contributed by atoms with Crippen molar-refractivity contribution in [2.75, 3.05) is 25.0 Å². The van der Waals surface area contributed by atoms with Crippen LogP contribution in [-0.4, -0.2) is 35.6 Å². The number of aromatic nitrogens is 1. The summed E-state index contributed by atoms with van der Waals surface area (Å²) in [6.07, 6.45) is 3.61. The molecule has 1 fully saturated rings. The molecule has 1 N–H and O–H groups in total. The largest absolute Gasteiger partial charge is 0.338 e. The summed E-state index contributed by atoms with van der Waals surface area (Å²) < 4.78 is 5.18. The van der Waals surface area contributed by atoms with Crippen LogP contribution in [0.15, 0.2) is 40.9 Å². The van der Waals surface area contributed by atoms with Crippen molar-refractivity contribution in [3.8, 4) is 11.3 Å². The summed E-state index contributed by atoms with van der Waals surface area (Å²) in [6.45, 7) is 2.42. The van der Waals surface area contributed by atoms with Crippen LogP contribution in [0.4, 0.5) is 5.88 Å². The van der Waals surface area contributed by atoms with E-state index in [2.05, 4.69) is 15.4 Å². The summed E-state index contributed by atoms with van der Waals surface area (Å²) in [5.74, 6) is 0.350. The lowest BCUT2D eigenvalue weighted by Gasteiger charge is -2.25. The Kier molecular flexibility index (Phi) is 5.98.